The molecule has 0 aliphatic heterocycles. The van der Waals surface area contributed by atoms with Crippen LogP contribution in [0.5, 0.6) is 0 Å². The molecule has 2 fully saturated rings. The number of hydrogen-bond donors (Lipinski definition) is 0. The lowest BCUT2D eigenvalue weighted by atomic mass is 9.66. The van der Waals surface area contributed by atoms with E-state index in [1.807, 2.05) is 6.07 Å². The number of Topliss-reactive ketones (excluding diaryl/α,β-unsaturated/α-hetero) is 1. The van der Waals surface area contributed by atoms with E-state index in [-0.39, 0.29) is 5.92 Å². The molecule has 0 spiro atoms. The minimum absolute atomic E-state index is 0.190. The second kappa shape index (κ2) is 4.64. The topological polar surface area (TPSA) is 17.1 Å². The molecule has 17 heavy (non-hydrogen) atoms. The van der Waals surface area contributed by atoms with Gasteiger partial charge in [-0.3, -0.25) is 4.79 Å². The van der Waals surface area contributed by atoms with Crippen LogP contribution in [0.15, 0.2) is 30.3 Å². The molecule has 1 heteroatoms. The molecular formula is C16H20O. The van der Waals surface area contributed by atoms with Crippen LogP contribution >= 0.6 is 0 Å². The molecule has 1 aromatic rings. The Hall–Kier alpha value is -1.11. The molecule has 1 aromatic carbocycles. The largest absolute Gasteiger partial charge is 0.299 e. The fraction of sp³-hybridized carbons (Fsp3) is 0.562. The highest BCUT2D eigenvalue weighted by Gasteiger charge is 2.37. The summed E-state index contributed by atoms with van der Waals surface area (Å²) in [4.78, 5) is 12.2. The van der Waals surface area contributed by atoms with E-state index in [4.69, 9.17) is 0 Å². The van der Waals surface area contributed by atoms with Gasteiger partial charge in [-0.05, 0) is 30.2 Å². The molecule has 90 valence electrons. The summed E-state index contributed by atoms with van der Waals surface area (Å²) in [7, 11) is 0. The number of ketones is 1. The number of hydrogen-bond acceptors (Lipinski definition) is 1. The molecule has 1 nitrogen and oxygen atoms in total. The Morgan fingerprint density at radius 1 is 0.941 bits per heavy atom. The van der Waals surface area contributed by atoms with E-state index in [1.54, 1.807) is 0 Å². The molecular weight excluding hydrogens is 208 g/mol. The molecule has 0 heterocycles. The van der Waals surface area contributed by atoms with Crippen molar-refractivity contribution in [2.75, 3.05) is 0 Å². The SMILES string of the molecule is O=C1C[C@H]2CCCC[C@H]2C[C@H]1c1ccccc1. The molecule has 0 radical (unpaired) electrons. The zero-order chi connectivity index (χ0) is 11.7. The zero-order valence-electron chi connectivity index (χ0n) is 10.3. The predicted octanol–water partition coefficient (Wildman–Crippen LogP) is 3.94. The summed E-state index contributed by atoms with van der Waals surface area (Å²) in [5.41, 5.74) is 1.24. The molecule has 2 saturated carbocycles. The average molecular weight is 228 g/mol. The van der Waals surface area contributed by atoms with E-state index in [1.165, 1.54) is 31.2 Å². The van der Waals surface area contributed by atoms with Crippen LogP contribution < -0.4 is 0 Å². The number of carbonyl (C=O) groups excluding carboxylic acids is 1. The van der Waals surface area contributed by atoms with Crippen LogP contribution in [-0.4, -0.2) is 5.78 Å². The summed E-state index contributed by atoms with van der Waals surface area (Å²) in [6.45, 7) is 0. The van der Waals surface area contributed by atoms with Crippen molar-refractivity contribution in [2.24, 2.45) is 11.8 Å². The van der Waals surface area contributed by atoms with Crippen LogP contribution in [0.2, 0.25) is 0 Å². The summed E-state index contributed by atoms with van der Waals surface area (Å²) in [5.74, 6) is 2.19. The van der Waals surface area contributed by atoms with Gasteiger partial charge in [0, 0.05) is 12.3 Å². The predicted molar refractivity (Wildman–Crippen MR) is 68.9 cm³/mol. The third kappa shape index (κ3) is 2.15. The Morgan fingerprint density at radius 3 is 2.41 bits per heavy atom. The van der Waals surface area contributed by atoms with Gasteiger partial charge in [-0.2, -0.15) is 0 Å². The maximum atomic E-state index is 12.2. The van der Waals surface area contributed by atoms with Gasteiger partial charge in [0.1, 0.15) is 5.78 Å². The Kier molecular flexibility index (Phi) is 3.00. The molecule has 0 saturated heterocycles. The van der Waals surface area contributed by atoms with Gasteiger partial charge < -0.3 is 0 Å². The fourth-order valence-electron chi connectivity index (χ4n) is 3.71. The second-order valence-corrected chi connectivity index (χ2v) is 5.67. The fourth-order valence-corrected chi connectivity index (χ4v) is 3.71. The van der Waals surface area contributed by atoms with Gasteiger partial charge in [-0.15, -0.1) is 0 Å². The van der Waals surface area contributed by atoms with Crippen molar-refractivity contribution in [3.63, 3.8) is 0 Å². The van der Waals surface area contributed by atoms with Gasteiger partial charge in [0.15, 0.2) is 0 Å². The second-order valence-electron chi connectivity index (χ2n) is 5.67. The van der Waals surface area contributed by atoms with Crippen LogP contribution in [0.1, 0.15) is 50.0 Å². The van der Waals surface area contributed by atoms with Crippen molar-refractivity contribution >= 4 is 5.78 Å². The molecule has 3 rings (SSSR count). The zero-order valence-corrected chi connectivity index (χ0v) is 10.3. The summed E-state index contributed by atoms with van der Waals surface area (Å²) in [6, 6.07) is 10.4. The van der Waals surface area contributed by atoms with E-state index >= 15 is 0 Å². The first-order valence-electron chi connectivity index (χ1n) is 6.92. The molecule has 2 aliphatic rings. The minimum atomic E-state index is 0.190. The third-order valence-electron chi connectivity index (χ3n) is 4.66. The summed E-state index contributed by atoms with van der Waals surface area (Å²) in [6.07, 6.45) is 7.29. The number of rotatable bonds is 1. The highest BCUT2D eigenvalue weighted by Crippen LogP contribution is 2.44. The Bertz CT molecular complexity index is 395. The monoisotopic (exact) mass is 228 g/mol. The Balaban J connectivity index is 1.80. The quantitative estimate of drug-likeness (QED) is 0.711. The molecule has 0 amide bonds. The third-order valence-corrected chi connectivity index (χ3v) is 4.66. The van der Waals surface area contributed by atoms with Crippen LogP contribution in [0.3, 0.4) is 0 Å². The van der Waals surface area contributed by atoms with Crippen LogP contribution in [0.25, 0.3) is 0 Å². The van der Waals surface area contributed by atoms with Crippen molar-refractivity contribution in [1.29, 1.82) is 0 Å². The lowest BCUT2D eigenvalue weighted by molar-refractivity contribution is -0.125. The maximum Gasteiger partial charge on any atom is 0.140 e. The lowest BCUT2D eigenvalue weighted by Crippen LogP contribution is -2.32. The summed E-state index contributed by atoms with van der Waals surface area (Å²) >= 11 is 0. The molecule has 0 N–H and O–H groups in total. The number of carbonyl (C=O) groups is 1. The highest BCUT2D eigenvalue weighted by molar-refractivity contribution is 5.86. The number of fused-ring (bicyclic) bond motifs is 1. The Morgan fingerprint density at radius 2 is 1.65 bits per heavy atom. The van der Waals surface area contributed by atoms with Gasteiger partial charge in [0.2, 0.25) is 0 Å². The smallest absolute Gasteiger partial charge is 0.140 e. The van der Waals surface area contributed by atoms with Crippen molar-refractivity contribution in [1.82, 2.24) is 0 Å². The first-order chi connectivity index (χ1) is 8.34. The molecule has 0 bridgehead atoms. The van der Waals surface area contributed by atoms with Gasteiger partial charge in [0.25, 0.3) is 0 Å². The lowest BCUT2D eigenvalue weighted by Gasteiger charge is -2.38. The van der Waals surface area contributed by atoms with Gasteiger partial charge >= 0.3 is 0 Å². The van der Waals surface area contributed by atoms with Crippen LogP contribution in [0.4, 0.5) is 0 Å². The van der Waals surface area contributed by atoms with Gasteiger partial charge in [-0.1, -0.05) is 49.6 Å². The van der Waals surface area contributed by atoms with Crippen molar-refractivity contribution in [3.05, 3.63) is 35.9 Å². The molecule has 3 atom stereocenters. The average Bonchev–Trinajstić information content (AvgIpc) is 2.39. The van der Waals surface area contributed by atoms with Crippen LogP contribution in [0, 0.1) is 11.8 Å². The van der Waals surface area contributed by atoms with Crippen LogP contribution in [-0.2, 0) is 4.79 Å². The normalized spacial score (nSPS) is 33.2. The number of benzene rings is 1. The van der Waals surface area contributed by atoms with Crippen molar-refractivity contribution < 1.29 is 4.79 Å². The molecule has 0 aromatic heterocycles. The first kappa shape index (κ1) is 11.0. The van der Waals surface area contributed by atoms with Gasteiger partial charge in [0.05, 0.1) is 0 Å². The van der Waals surface area contributed by atoms with Gasteiger partial charge in [-0.25, -0.2) is 0 Å². The van der Waals surface area contributed by atoms with E-state index in [0.29, 0.717) is 11.7 Å². The first-order valence-corrected chi connectivity index (χ1v) is 6.92. The highest BCUT2D eigenvalue weighted by atomic mass is 16.1. The Labute approximate surface area is 103 Å². The van der Waals surface area contributed by atoms with E-state index in [9.17, 15) is 4.79 Å². The van der Waals surface area contributed by atoms with E-state index in [0.717, 1.165) is 18.8 Å². The summed E-state index contributed by atoms with van der Waals surface area (Å²) < 4.78 is 0. The minimum Gasteiger partial charge on any atom is -0.299 e. The standard InChI is InChI=1S/C16H20O/c17-16-11-14-9-5-4-8-13(14)10-15(16)12-6-2-1-3-7-12/h1-3,6-7,13-15H,4-5,8-11H2/t13-,14+,15-/m0/s1. The van der Waals surface area contributed by atoms with Crippen molar-refractivity contribution in [2.45, 2.75) is 44.4 Å². The molecule has 2 aliphatic carbocycles. The summed E-state index contributed by atoms with van der Waals surface area (Å²) in [5, 5.41) is 0. The van der Waals surface area contributed by atoms with E-state index in [2.05, 4.69) is 24.3 Å². The van der Waals surface area contributed by atoms with E-state index < -0.39 is 0 Å². The maximum absolute atomic E-state index is 12.2. The van der Waals surface area contributed by atoms with Crippen molar-refractivity contribution in [3.8, 4) is 0 Å². The molecule has 0 unspecified atom stereocenters.